The first kappa shape index (κ1) is 11.2. The van der Waals surface area contributed by atoms with E-state index < -0.39 is 0 Å². The summed E-state index contributed by atoms with van der Waals surface area (Å²) < 4.78 is 0. The molecule has 0 aromatic carbocycles. The highest BCUT2D eigenvalue weighted by Crippen LogP contribution is 2.29. The van der Waals surface area contributed by atoms with Crippen LogP contribution in [0, 0.1) is 0 Å². The van der Waals surface area contributed by atoms with Crippen LogP contribution >= 0.6 is 0 Å². The van der Waals surface area contributed by atoms with Crippen LogP contribution in [0.1, 0.15) is 62.2 Å². The van der Waals surface area contributed by atoms with E-state index in [0.717, 1.165) is 6.04 Å². The molecule has 92 valence electrons. The summed E-state index contributed by atoms with van der Waals surface area (Å²) in [7, 11) is 0. The van der Waals surface area contributed by atoms with Gasteiger partial charge in [0.15, 0.2) is 0 Å². The fraction of sp³-hybridized carbons (Fsp3) is 0.667. The summed E-state index contributed by atoms with van der Waals surface area (Å²) >= 11 is 0. The van der Waals surface area contributed by atoms with Gasteiger partial charge in [0.05, 0.1) is 5.69 Å². The molecule has 0 amide bonds. The van der Waals surface area contributed by atoms with Gasteiger partial charge in [-0.05, 0) is 43.7 Å². The van der Waals surface area contributed by atoms with Crippen molar-refractivity contribution in [3.05, 3.63) is 29.6 Å². The van der Waals surface area contributed by atoms with Crippen LogP contribution < -0.4 is 5.32 Å². The van der Waals surface area contributed by atoms with Crippen molar-refractivity contribution >= 4 is 0 Å². The lowest BCUT2D eigenvalue weighted by atomic mass is 9.89. The minimum atomic E-state index is 0.517. The van der Waals surface area contributed by atoms with E-state index in [4.69, 9.17) is 0 Å². The number of rotatable bonds is 2. The van der Waals surface area contributed by atoms with Gasteiger partial charge in [0.1, 0.15) is 0 Å². The summed E-state index contributed by atoms with van der Waals surface area (Å²) in [6, 6.07) is 5.57. The first-order valence-electron chi connectivity index (χ1n) is 7.13. The minimum Gasteiger partial charge on any atom is -0.306 e. The molecule has 0 aliphatic heterocycles. The summed E-state index contributed by atoms with van der Waals surface area (Å²) in [5.41, 5.74) is 2.79. The lowest BCUT2D eigenvalue weighted by Crippen LogP contribution is -2.36. The van der Waals surface area contributed by atoms with Gasteiger partial charge in [-0.1, -0.05) is 25.3 Å². The molecular weight excluding hydrogens is 208 g/mol. The van der Waals surface area contributed by atoms with Crippen LogP contribution in [0.5, 0.6) is 0 Å². The van der Waals surface area contributed by atoms with Gasteiger partial charge in [0.25, 0.3) is 0 Å². The molecule has 0 spiro atoms. The number of nitrogens with one attached hydrogen (secondary N) is 1. The van der Waals surface area contributed by atoms with E-state index >= 15 is 0 Å². The first-order chi connectivity index (χ1) is 8.43. The third-order valence-corrected chi connectivity index (χ3v) is 4.24. The number of aromatic nitrogens is 1. The van der Waals surface area contributed by atoms with Crippen molar-refractivity contribution in [2.75, 3.05) is 0 Å². The quantitative estimate of drug-likeness (QED) is 0.842. The van der Waals surface area contributed by atoms with E-state index in [1.807, 2.05) is 6.20 Å². The molecule has 1 N–H and O–H groups in total. The molecule has 1 heterocycles. The molecule has 2 heteroatoms. The average molecular weight is 230 g/mol. The molecule has 1 unspecified atom stereocenters. The number of nitrogens with zero attached hydrogens (tertiary/aromatic N) is 1. The predicted octanol–water partition coefficient (Wildman–Crippen LogP) is 3.38. The van der Waals surface area contributed by atoms with Gasteiger partial charge >= 0.3 is 0 Å². The van der Waals surface area contributed by atoms with Crippen molar-refractivity contribution in [1.82, 2.24) is 10.3 Å². The second-order valence-corrected chi connectivity index (χ2v) is 5.49. The maximum atomic E-state index is 4.60. The van der Waals surface area contributed by atoms with Crippen molar-refractivity contribution in [3.8, 4) is 0 Å². The molecule has 2 aliphatic rings. The summed E-state index contributed by atoms with van der Waals surface area (Å²) in [6.07, 6.45) is 12.7. The van der Waals surface area contributed by atoms with E-state index in [1.165, 1.54) is 62.6 Å². The third kappa shape index (κ3) is 2.52. The molecule has 0 saturated heterocycles. The Morgan fingerprint density at radius 2 is 1.94 bits per heavy atom. The van der Waals surface area contributed by atoms with Crippen LogP contribution in [-0.4, -0.2) is 11.0 Å². The number of hydrogen-bond donors (Lipinski definition) is 1. The van der Waals surface area contributed by atoms with Gasteiger partial charge in [0.2, 0.25) is 0 Å². The standard InChI is InChI=1S/C15H22N2/c1-2-8-13(9-3-1)17-14-10-4-6-12-7-5-11-16-15(12)14/h5,7,11,13-14,17H,1-4,6,8-10H2. The van der Waals surface area contributed by atoms with Crippen molar-refractivity contribution in [1.29, 1.82) is 0 Å². The van der Waals surface area contributed by atoms with Gasteiger partial charge < -0.3 is 5.32 Å². The van der Waals surface area contributed by atoms with Gasteiger partial charge in [-0.3, -0.25) is 4.98 Å². The Morgan fingerprint density at radius 3 is 2.82 bits per heavy atom. The SMILES string of the molecule is c1cnc2c(c1)CCCC2NC1CCCCC1. The number of hydrogen-bond acceptors (Lipinski definition) is 2. The van der Waals surface area contributed by atoms with Gasteiger partial charge in [-0.25, -0.2) is 0 Å². The Morgan fingerprint density at radius 1 is 1.06 bits per heavy atom. The Balaban J connectivity index is 1.71. The monoisotopic (exact) mass is 230 g/mol. The predicted molar refractivity (Wildman–Crippen MR) is 69.9 cm³/mol. The smallest absolute Gasteiger partial charge is 0.0605 e. The van der Waals surface area contributed by atoms with Crippen molar-refractivity contribution < 1.29 is 0 Å². The molecule has 1 aromatic heterocycles. The summed E-state index contributed by atoms with van der Waals surface area (Å²) in [5, 5.41) is 3.85. The Kier molecular flexibility index (Phi) is 3.41. The van der Waals surface area contributed by atoms with Crippen molar-refractivity contribution in [3.63, 3.8) is 0 Å². The molecule has 0 bridgehead atoms. The first-order valence-corrected chi connectivity index (χ1v) is 7.13. The molecule has 2 nitrogen and oxygen atoms in total. The Hall–Kier alpha value is -0.890. The van der Waals surface area contributed by atoms with E-state index in [1.54, 1.807) is 0 Å². The number of pyridine rings is 1. The van der Waals surface area contributed by atoms with Crippen LogP contribution in [0.4, 0.5) is 0 Å². The van der Waals surface area contributed by atoms with Gasteiger partial charge in [-0.2, -0.15) is 0 Å². The van der Waals surface area contributed by atoms with Gasteiger partial charge in [0, 0.05) is 18.3 Å². The lowest BCUT2D eigenvalue weighted by Gasteiger charge is -2.31. The van der Waals surface area contributed by atoms with Crippen LogP contribution in [0.15, 0.2) is 18.3 Å². The fourth-order valence-corrected chi connectivity index (χ4v) is 3.33. The zero-order chi connectivity index (χ0) is 11.5. The van der Waals surface area contributed by atoms with Crippen molar-refractivity contribution in [2.45, 2.75) is 63.5 Å². The molecule has 1 saturated carbocycles. The van der Waals surface area contributed by atoms with Crippen molar-refractivity contribution in [2.24, 2.45) is 0 Å². The highest BCUT2D eigenvalue weighted by atomic mass is 15.0. The number of aryl methyl sites for hydroxylation is 1. The zero-order valence-corrected chi connectivity index (χ0v) is 10.5. The molecule has 1 fully saturated rings. The molecule has 1 atom stereocenters. The molecule has 1 aromatic rings. The maximum Gasteiger partial charge on any atom is 0.0605 e. The van der Waals surface area contributed by atoms with Gasteiger partial charge in [-0.15, -0.1) is 0 Å². The molecule has 3 rings (SSSR count). The molecular formula is C15H22N2. The fourth-order valence-electron chi connectivity index (χ4n) is 3.33. The second-order valence-electron chi connectivity index (χ2n) is 5.49. The minimum absolute atomic E-state index is 0.517. The van der Waals surface area contributed by atoms with E-state index in [0.29, 0.717) is 6.04 Å². The van der Waals surface area contributed by atoms with Crippen LogP contribution in [0.3, 0.4) is 0 Å². The normalized spacial score (nSPS) is 25.5. The highest BCUT2D eigenvalue weighted by molar-refractivity contribution is 5.25. The number of fused-ring (bicyclic) bond motifs is 1. The molecule has 2 aliphatic carbocycles. The topological polar surface area (TPSA) is 24.9 Å². The van der Waals surface area contributed by atoms with E-state index in [-0.39, 0.29) is 0 Å². The van der Waals surface area contributed by atoms with Crippen LogP contribution in [-0.2, 0) is 6.42 Å². The molecule has 17 heavy (non-hydrogen) atoms. The Labute approximate surface area is 104 Å². The zero-order valence-electron chi connectivity index (χ0n) is 10.5. The molecule has 0 radical (unpaired) electrons. The third-order valence-electron chi connectivity index (χ3n) is 4.24. The van der Waals surface area contributed by atoms with E-state index in [9.17, 15) is 0 Å². The highest BCUT2D eigenvalue weighted by Gasteiger charge is 2.24. The van der Waals surface area contributed by atoms with E-state index in [2.05, 4.69) is 22.4 Å². The average Bonchev–Trinajstić information content (AvgIpc) is 2.40. The lowest BCUT2D eigenvalue weighted by molar-refractivity contribution is 0.317. The summed E-state index contributed by atoms with van der Waals surface area (Å²) in [5.74, 6) is 0. The largest absolute Gasteiger partial charge is 0.306 e. The summed E-state index contributed by atoms with van der Waals surface area (Å²) in [6.45, 7) is 0. The van der Waals surface area contributed by atoms with Crippen LogP contribution in [0.2, 0.25) is 0 Å². The Bertz CT molecular complexity index is 369. The maximum absolute atomic E-state index is 4.60. The summed E-state index contributed by atoms with van der Waals surface area (Å²) in [4.78, 5) is 4.60. The van der Waals surface area contributed by atoms with Crippen LogP contribution in [0.25, 0.3) is 0 Å². The second kappa shape index (κ2) is 5.18.